The number of nitrogens with zero attached hydrogens (tertiary/aromatic N) is 1. The Kier molecular flexibility index (Phi) is 4.93. The molecule has 1 unspecified atom stereocenters. The summed E-state index contributed by atoms with van der Waals surface area (Å²) in [4.78, 5) is 14.2. The molecular formula is C15H22N2O2. The molecule has 0 saturated carbocycles. The highest BCUT2D eigenvalue weighted by Crippen LogP contribution is 2.19. The standard InChI is InChI=1S/C15H22N2O2/c1-19-10-8-14(16)15(18)17-9-4-7-12-5-2-3-6-13(12)11-17/h2-3,5-6,14H,4,7-11,16H2,1H3. The van der Waals surface area contributed by atoms with Crippen molar-refractivity contribution in [1.29, 1.82) is 0 Å². The molecule has 1 aromatic rings. The molecule has 104 valence electrons. The Morgan fingerprint density at radius 2 is 2.16 bits per heavy atom. The van der Waals surface area contributed by atoms with Crippen LogP contribution in [0, 0.1) is 0 Å². The van der Waals surface area contributed by atoms with Gasteiger partial charge in [0.1, 0.15) is 0 Å². The van der Waals surface area contributed by atoms with Crippen molar-refractivity contribution in [2.45, 2.75) is 31.8 Å². The van der Waals surface area contributed by atoms with Crippen LogP contribution in [-0.2, 0) is 22.5 Å². The van der Waals surface area contributed by atoms with Gasteiger partial charge in [-0.25, -0.2) is 0 Å². The van der Waals surface area contributed by atoms with E-state index in [1.54, 1.807) is 7.11 Å². The van der Waals surface area contributed by atoms with Gasteiger partial charge in [0.15, 0.2) is 0 Å². The molecule has 0 spiro atoms. The second-order valence-corrected chi connectivity index (χ2v) is 5.02. The van der Waals surface area contributed by atoms with E-state index in [1.165, 1.54) is 11.1 Å². The molecule has 1 aliphatic heterocycles. The predicted molar refractivity (Wildman–Crippen MR) is 74.6 cm³/mol. The minimum absolute atomic E-state index is 0.0359. The van der Waals surface area contributed by atoms with E-state index in [9.17, 15) is 4.79 Å². The molecule has 1 aliphatic rings. The molecule has 1 heterocycles. The minimum atomic E-state index is -0.454. The minimum Gasteiger partial charge on any atom is -0.385 e. The molecule has 19 heavy (non-hydrogen) atoms. The summed E-state index contributed by atoms with van der Waals surface area (Å²) in [5.41, 5.74) is 8.53. The summed E-state index contributed by atoms with van der Waals surface area (Å²) < 4.78 is 4.98. The number of amides is 1. The molecule has 0 aliphatic carbocycles. The van der Waals surface area contributed by atoms with Crippen LogP contribution in [0.15, 0.2) is 24.3 Å². The maximum atomic E-state index is 12.3. The zero-order valence-corrected chi connectivity index (χ0v) is 11.5. The third-order valence-electron chi connectivity index (χ3n) is 3.62. The Balaban J connectivity index is 2.03. The molecule has 0 fully saturated rings. The fourth-order valence-electron chi connectivity index (χ4n) is 2.49. The number of ether oxygens (including phenoxy) is 1. The van der Waals surface area contributed by atoms with Gasteiger partial charge in [0.05, 0.1) is 6.04 Å². The maximum Gasteiger partial charge on any atom is 0.239 e. The number of nitrogens with two attached hydrogens (primary N) is 1. The first-order chi connectivity index (χ1) is 9.22. The average molecular weight is 262 g/mol. The first kappa shape index (κ1) is 14.0. The molecule has 0 aromatic heterocycles. The van der Waals surface area contributed by atoms with E-state index in [1.807, 2.05) is 11.0 Å². The van der Waals surface area contributed by atoms with Gasteiger partial charge in [-0.05, 0) is 30.4 Å². The van der Waals surface area contributed by atoms with Crippen molar-refractivity contribution in [2.75, 3.05) is 20.3 Å². The largest absolute Gasteiger partial charge is 0.385 e. The molecular weight excluding hydrogens is 240 g/mol. The third kappa shape index (κ3) is 3.55. The lowest BCUT2D eigenvalue weighted by Gasteiger charge is -2.24. The van der Waals surface area contributed by atoms with E-state index in [0.29, 0.717) is 19.6 Å². The molecule has 1 amide bonds. The van der Waals surface area contributed by atoms with Crippen molar-refractivity contribution in [3.05, 3.63) is 35.4 Å². The number of carbonyl (C=O) groups is 1. The summed E-state index contributed by atoms with van der Waals surface area (Å²) >= 11 is 0. The number of fused-ring (bicyclic) bond motifs is 1. The quantitative estimate of drug-likeness (QED) is 0.890. The normalized spacial score (nSPS) is 16.6. The van der Waals surface area contributed by atoms with E-state index < -0.39 is 6.04 Å². The Hall–Kier alpha value is -1.39. The second kappa shape index (κ2) is 6.68. The smallest absolute Gasteiger partial charge is 0.239 e. The predicted octanol–water partition coefficient (Wildman–Crippen LogP) is 1.33. The summed E-state index contributed by atoms with van der Waals surface area (Å²) in [6.45, 7) is 1.99. The topological polar surface area (TPSA) is 55.6 Å². The summed E-state index contributed by atoms with van der Waals surface area (Å²) in [5, 5.41) is 0. The highest BCUT2D eigenvalue weighted by atomic mass is 16.5. The van der Waals surface area contributed by atoms with Crippen LogP contribution in [0.4, 0.5) is 0 Å². The number of methoxy groups -OCH3 is 1. The lowest BCUT2D eigenvalue weighted by molar-refractivity contribution is -0.133. The van der Waals surface area contributed by atoms with E-state index in [-0.39, 0.29) is 5.91 Å². The van der Waals surface area contributed by atoms with Crippen LogP contribution in [0.3, 0.4) is 0 Å². The maximum absolute atomic E-state index is 12.3. The zero-order chi connectivity index (χ0) is 13.7. The molecule has 1 atom stereocenters. The van der Waals surface area contributed by atoms with Crippen LogP contribution in [-0.4, -0.2) is 37.1 Å². The number of rotatable bonds is 4. The number of hydrogen-bond donors (Lipinski definition) is 1. The van der Waals surface area contributed by atoms with E-state index in [2.05, 4.69) is 18.2 Å². The first-order valence-corrected chi connectivity index (χ1v) is 6.82. The van der Waals surface area contributed by atoms with Crippen molar-refractivity contribution in [1.82, 2.24) is 4.90 Å². The number of carbonyl (C=O) groups excluding carboxylic acids is 1. The fraction of sp³-hybridized carbons (Fsp3) is 0.533. The highest BCUT2D eigenvalue weighted by molar-refractivity contribution is 5.81. The van der Waals surface area contributed by atoms with Crippen molar-refractivity contribution in [2.24, 2.45) is 5.73 Å². The lowest BCUT2D eigenvalue weighted by atomic mass is 10.0. The Morgan fingerprint density at radius 3 is 2.89 bits per heavy atom. The Labute approximate surface area is 114 Å². The van der Waals surface area contributed by atoms with Gasteiger partial charge in [0.25, 0.3) is 0 Å². The lowest BCUT2D eigenvalue weighted by Crippen LogP contribution is -2.44. The van der Waals surface area contributed by atoms with Gasteiger partial charge in [-0.15, -0.1) is 0 Å². The van der Waals surface area contributed by atoms with Crippen molar-refractivity contribution in [3.63, 3.8) is 0 Å². The Bertz CT molecular complexity index is 434. The van der Waals surface area contributed by atoms with Crippen molar-refractivity contribution < 1.29 is 9.53 Å². The summed E-state index contributed by atoms with van der Waals surface area (Å²) in [5.74, 6) is 0.0359. The fourth-order valence-corrected chi connectivity index (χ4v) is 2.49. The van der Waals surface area contributed by atoms with Crippen LogP contribution in [0.1, 0.15) is 24.0 Å². The van der Waals surface area contributed by atoms with Gasteiger partial charge in [-0.2, -0.15) is 0 Å². The molecule has 4 nitrogen and oxygen atoms in total. The molecule has 2 rings (SSSR count). The monoisotopic (exact) mass is 262 g/mol. The van der Waals surface area contributed by atoms with Gasteiger partial charge in [-0.3, -0.25) is 4.79 Å². The van der Waals surface area contributed by atoms with Crippen molar-refractivity contribution in [3.8, 4) is 0 Å². The van der Waals surface area contributed by atoms with E-state index in [4.69, 9.17) is 10.5 Å². The van der Waals surface area contributed by atoms with Gasteiger partial charge < -0.3 is 15.4 Å². The molecule has 0 radical (unpaired) electrons. The Morgan fingerprint density at radius 1 is 1.42 bits per heavy atom. The number of benzene rings is 1. The van der Waals surface area contributed by atoms with Crippen LogP contribution in [0.5, 0.6) is 0 Å². The van der Waals surface area contributed by atoms with Gasteiger partial charge in [0, 0.05) is 26.8 Å². The van der Waals surface area contributed by atoms with Crippen LogP contribution < -0.4 is 5.73 Å². The van der Waals surface area contributed by atoms with E-state index in [0.717, 1.165) is 19.4 Å². The molecule has 0 saturated heterocycles. The average Bonchev–Trinajstić information content (AvgIpc) is 2.66. The number of aryl methyl sites for hydroxylation is 1. The zero-order valence-electron chi connectivity index (χ0n) is 11.5. The third-order valence-corrected chi connectivity index (χ3v) is 3.62. The first-order valence-electron chi connectivity index (χ1n) is 6.82. The van der Waals surface area contributed by atoms with Gasteiger partial charge in [0.2, 0.25) is 5.91 Å². The molecule has 0 bridgehead atoms. The van der Waals surface area contributed by atoms with Crippen molar-refractivity contribution >= 4 is 5.91 Å². The van der Waals surface area contributed by atoms with Crippen LogP contribution >= 0.6 is 0 Å². The summed E-state index contributed by atoms with van der Waals surface area (Å²) in [7, 11) is 1.62. The van der Waals surface area contributed by atoms with Crippen LogP contribution in [0.25, 0.3) is 0 Å². The van der Waals surface area contributed by atoms with Gasteiger partial charge >= 0.3 is 0 Å². The second-order valence-electron chi connectivity index (χ2n) is 5.02. The number of hydrogen-bond acceptors (Lipinski definition) is 3. The van der Waals surface area contributed by atoms with Gasteiger partial charge in [-0.1, -0.05) is 24.3 Å². The van der Waals surface area contributed by atoms with Crippen LogP contribution in [0.2, 0.25) is 0 Å². The highest BCUT2D eigenvalue weighted by Gasteiger charge is 2.23. The van der Waals surface area contributed by atoms with E-state index >= 15 is 0 Å². The molecule has 1 aromatic carbocycles. The summed E-state index contributed by atoms with van der Waals surface area (Å²) in [6, 6.07) is 7.87. The SMILES string of the molecule is COCCC(N)C(=O)N1CCCc2ccccc2C1. The molecule has 4 heteroatoms. The summed E-state index contributed by atoms with van der Waals surface area (Å²) in [6.07, 6.45) is 2.61. The molecule has 2 N–H and O–H groups in total.